The van der Waals surface area contributed by atoms with Gasteiger partial charge in [0.2, 0.25) is 0 Å². The highest BCUT2D eigenvalue weighted by molar-refractivity contribution is 5.83. The van der Waals surface area contributed by atoms with Gasteiger partial charge in [-0.2, -0.15) is 13.2 Å². The number of fused-ring (bicyclic) bond motifs is 1. The number of aromatic hydroxyl groups is 1. The number of benzene rings is 2. The maximum Gasteiger partial charge on any atom is 0.416 e. The Labute approximate surface area is 116 Å². The molecule has 0 aliphatic heterocycles. The van der Waals surface area contributed by atoms with Crippen molar-refractivity contribution in [3.8, 4) is 11.4 Å². The first-order valence-electron chi connectivity index (χ1n) is 5.98. The molecule has 0 aliphatic rings. The van der Waals surface area contributed by atoms with Crippen molar-refractivity contribution in [1.29, 1.82) is 0 Å². The zero-order valence-corrected chi connectivity index (χ0v) is 10.5. The van der Waals surface area contributed by atoms with Crippen molar-refractivity contribution < 1.29 is 18.3 Å². The molecule has 0 aliphatic carbocycles. The van der Waals surface area contributed by atoms with Crippen molar-refractivity contribution >= 4 is 11.0 Å². The number of imidazole rings is 1. The molecular weight excluding hydrogens is 285 g/mol. The van der Waals surface area contributed by atoms with Crippen molar-refractivity contribution in [2.24, 2.45) is 0 Å². The van der Waals surface area contributed by atoms with E-state index in [9.17, 15) is 23.1 Å². The van der Waals surface area contributed by atoms with Gasteiger partial charge in [-0.05, 0) is 30.3 Å². The summed E-state index contributed by atoms with van der Waals surface area (Å²) in [7, 11) is 0. The number of hydrogen-bond donors (Lipinski definition) is 2. The standard InChI is InChI=1S/C14H9F3N2O2/c15-14(16,17)8-3-1-4-9(7-8)19-12-10(18-13(19)21)5-2-6-11(12)20/h1-7,20H,(H,18,21). The third-order valence-electron chi connectivity index (χ3n) is 3.11. The van der Waals surface area contributed by atoms with Crippen molar-refractivity contribution in [1.82, 2.24) is 9.55 Å². The lowest BCUT2D eigenvalue weighted by molar-refractivity contribution is -0.137. The van der Waals surface area contributed by atoms with Gasteiger partial charge in [-0.15, -0.1) is 0 Å². The number of aromatic nitrogens is 2. The minimum atomic E-state index is -4.51. The summed E-state index contributed by atoms with van der Waals surface area (Å²) < 4.78 is 39.3. The number of H-pyrrole nitrogens is 1. The summed E-state index contributed by atoms with van der Waals surface area (Å²) in [4.78, 5) is 14.5. The highest BCUT2D eigenvalue weighted by Crippen LogP contribution is 2.31. The molecule has 0 radical (unpaired) electrons. The van der Waals surface area contributed by atoms with E-state index in [1.807, 2.05) is 0 Å². The summed E-state index contributed by atoms with van der Waals surface area (Å²) >= 11 is 0. The molecule has 1 aromatic heterocycles. The van der Waals surface area contributed by atoms with Crippen LogP contribution in [0.5, 0.6) is 5.75 Å². The summed E-state index contributed by atoms with van der Waals surface area (Å²) in [6.07, 6.45) is -4.51. The lowest BCUT2D eigenvalue weighted by Crippen LogP contribution is -2.15. The molecule has 4 nitrogen and oxygen atoms in total. The van der Waals surface area contributed by atoms with Crippen molar-refractivity contribution in [3.05, 3.63) is 58.5 Å². The Hall–Kier alpha value is -2.70. The van der Waals surface area contributed by atoms with E-state index in [1.165, 1.54) is 24.3 Å². The number of nitrogens with zero attached hydrogens (tertiary/aromatic N) is 1. The molecule has 0 bridgehead atoms. The van der Waals surface area contributed by atoms with Crippen LogP contribution in [-0.2, 0) is 6.18 Å². The fourth-order valence-corrected chi connectivity index (χ4v) is 2.21. The topological polar surface area (TPSA) is 58.0 Å². The van der Waals surface area contributed by atoms with Gasteiger partial charge in [-0.1, -0.05) is 12.1 Å². The van der Waals surface area contributed by atoms with E-state index in [1.54, 1.807) is 6.07 Å². The summed E-state index contributed by atoms with van der Waals surface area (Å²) in [5.41, 5.74) is -0.968. The van der Waals surface area contributed by atoms with Gasteiger partial charge in [0.05, 0.1) is 16.8 Å². The average Bonchev–Trinajstić information content (AvgIpc) is 2.75. The number of nitrogens with one attached hydrogen (secondary N) is 1. The Morgan fingerprint density at radius 2 is 1.81 bits per heavy atom. The highest BCUT2D eigenvalue weighted by atomic mass is 19.4. The van der Waals surface area contributed by atoms with Gasteiger partial charge >= 0.3 is 11.9 Å². The molecule has 0 saturated heterocycles. The van der Waals surface area contributed by atoms with Crippen molar-refractivity contribution in [2.45, 2.75) is 6.18 Å². The molecule has 3 rings (SSSR count). The zero-order chi connectivity index (χ0) is 15.2. The molecule has 21 heavy (non-hydrogen) atoms. The Kier molecular flexibility index (Phi) is 2.79. The Balaban J connectivity index is 2.31. The Morgan fingerprint density at radius 3 is 2.52 bits per heavy atom. The van der Waals surface area contributed by atoms with E-state index in [0.29, 0.717) is 5.52 Å². The Bertz CT molecular complexity index is 878. The number of phenolic OH excluding ortho intramolecular Hbond substituents is 1. The lowest BCUT2D eigenvalue weighted by atomic mass is 10.2. The fraction of sp³-hybridized carbons (Fsp3) is 0.0714. The van der Waals surface area contributed by atoms with Crippen LogP contribution in [0.3, 0.4) is 0 Å². The highest BCUT2D eigenvalue weighted by Gasteiger charge is 2.30. The van der Waals surface area contributed by atoms with Crippen LogP contribution in [0.2, 0.25) is 0 Å². The minimum Gasteiger partial charge on any atom is -0.506 e. The zero-order valence-electron chi connectivity index (χ0n) is 10.5. The second-order valence-corrected chi connectivity index (χ2v) is 4.49. The van der Waals surface area contributed by atoms with Crippen molar-refractivity contribution in [2.75, 3.05) is 0 Å². The predicted octanol–water partition coefficient (Wildman–Crippen LogP) is 3.04. The van der Waals surface area contributed by atoms with Gasteiger partial charge < -0.3 is 10.1 Å². The molecule has 0 atom stereocenters. The molecule has 2 N–H and O–H groups in total. The molecule has 0 unspecified atom stereocenters. The monoisotopic (exact) mass is 294 g/mol. The maximum atomic E-state index is 12.8. The van der Waals surface area contributed by atoms with E-state index in [0.717, 1.165) is 16.7 Å². The lowest BCUT2D eigenvalue weighted by Gasteiger charge is -2.09. The van der Waals surface area contributed by atoms with Gasteiger partial charge in [-0.3, -0.25) is 4.57 Å². The first-order chi connectivity index (χ1) is 9.88. The van der Waals surface area contributed by atoms with Crippen LogP contribution in [0.1, 0.15) is 5.56 Å². The summed E-state index contributed by atoms with van der Waals surface area (Å²) in [6, 6.07) is 8.81. The van der Waals surface area contributed by atoms with Crippen LogP contribution in [0, 0.1) is 0 Å². The summed E-state index contributed by atoms with van der Waals surface area (Å²) in [6.45, 7) is 0. The van der Waals surface area contributed by atoms with E-state index < -0.39 is 17.4 Å². The molecule has 7 heteroatoms. The molecule has 1 heterocycles. The second-order valence-electron chi connectivity index (χ2n) is 4.49. The third-order valence-corrected chi connectivity index (χ3v) is 3.11. The summed E-state index contributed by atoms with van der Waals surface area (Å²) in [5, 5.41) is 9.85. The largest absolute Gasteiger partial charge is 0.506 e. The average molecular weight is 294 g/mol. The molecular formula is C14H9F3N2O2. The number of alkyl halides is 3. The SMILES string of the molecule is O=c1[nH]c2cccc(O)c2n1-c1cccc(C(F)(F)F)c1. The van der Waals surface area contributed by atoms with E-state index in [2.05, 4.69) is 4.98 Å². The smallest absolute Gasteiger partial charge is 0.416 e. The van der Waals surface area contributed by atoms with Gasteiger partial charge in [0.15, 0.2) is 0 Å². The number of phenols is 1. The van der Waals surface area contributed by atoms with Gasteiger partial charge in [-0.25, -0.2) is 4.79 Å². The Morgan fingerprint density at radius 1 is 1.10 bits per heavy atom. The quantitative estimate of drug-likeness (QED) is 0.724. The van der Waals surface area contributed by atoms with Gasteiger partial charge in [0.1, 0.15) is 11.3 Å². The van der Waals surface area contributed by atoms with E-state index >= 15 is 0 Å². The van der Waals surface area contributed by atoms with Gasteiger partial charge in [0, 0.05) is 0 Å². The van der Waals surface area contributed by atoms with Crippen LogP contribution >= 0.6 is 0 Å². The predicted molar refractivity (Wildman–Crippen MR) is 70.6 cm³/mol. The molecule has 108 valence electrons. The first-order valence-corrected chi connectivity index (χ1v) is 5.98. The molecule has 2 aromatic carbocycles. The fourth-order valence-electron chi connectivity index (χ4n) is 2.21. The summed E-state index contributed by atoms with van der Waals surface area (Å²) in [5.74, 6) is -0.191. The molecule has 0 saturated carbocycles. The number of para-hydroxylation sites is 1. The maximum absolute atomic E-state index is 12.8. The number of halogens is 3. The molecule has 0 spiro atoms. The van der Waals surface area contributed by atoms with Crippen LogP contribution in [0.25, 0.3) is 16.7 Å². The van der Waals surface area contributed by atoms with Crippen LogP contribution in [0.15, 0.2) is 47.3 Å². The van der Waals surface area contributed by atoms with Gasteiger partial charge in [0.25, 0.3) is 0 Å². The van der Waals surface area contributed by atoms with Crippen LogP contribution in [0.4, 0.5) is 13.2 Å². The molecule has 0 amide bonds. The number of rotatable bonds is 1. The number of aromatic amines is 1. The first kappa shape index (κ1) is 13.3. The third kappa shape index (κ3) is 2.16. The van der Waals surface area contributed by atoms with E-state index in [4.69, 9.17) is 0 Å². The second kappa shape index (κ2) is 4.41. The number of hydrogen-bond acceptors (Lipinski definition) is 2. The minimum absolute atomic E-state index is 0.0302. The molecule has 0 fully saturated rings. The van der Waals surface area contributed by atoms with Crippen molar-refractivity contribution in [3.63, 3.8) is 0 Å². The van der Waals surface area contributed by atoms with E-state index in [-0.39, 0.29) is 17.0 Å². The molecule has 3 aromatic rings. The normalized spacial score (nSPS) is 12.0. The van der Waals surface area contributed by atoms with Crippen LogP contribution in [-0.4, -0.2) is 14.7 Å². The van der Waals surface area contributed by atoms with Crippen LogP contribution < -0.4 is 5.69 Å².